The van der Waals surface area contributed by atoms with Gasteiger partial charge < -0.3 is 33.3 Å². The number of carbonyl (C=O) groups is 1. The highest BCUT2D eigenvalue weighted by Crippen LogP contribution is 2.44. The van der Waals surface area contributed by atoms with Crippen LogP contribution >= 0.6 is 0 Å². The van der Waals surface area contributed by atoms with E-state index < -0.39 is 23.1 Å². The lowest BCUT2D eigenvalue weighted by molar-refractivity contribution is 0.0122. The number of piperazine rings is 1. The summed E-state index contributed by atoms with van der Waals surface area (Å²) in [5.41, 5.74) is -0.0408. The third-order valence-corrected chi connectivity index (χ3v) is 12.3. The highest BCUT2D eigenvalue weighted by molar-refractivity contribution is 5.95. The average molecular weight is 816 g/mol. The molecule has 59 heavy (non-hydrogen) atoms. The van der Waals surface area contributed by atoms with Crippen LogP contribution in [0.5, 0.6) is 23.5 Å². The highest BCUT2D eigenvalue weighted by atomic mass is 19.1. The predicted molar refractivity (Wildman–Crippen MR) is 214 cm³/mol. The Bertz CT molecular complexity index is 2270. The Morgan fingerprint density at radius 1 is 1.03 bits per heavy atom. The summed E-state index contributed by atoms with van der Waals surface area (Å²) in [6, 6.07) is 6.31. The van der Waals surface area contributed by atoms with Crippen molar-refractivity contribution >= 4 is 33.8 Å². The Morgan fingerprint density at radius 2 is 1.81 bits per heavy atom. The molecule has 1 amide bonds. The fraction of sp³-hybridized carbons (Fsp3) is 0.581. The Labute approximate surface area is 342 Å². The number of rotatable bonds is 10. The lowest BCUT2D eigenvalue weighted by atomic mass is 9.95. The first-order valence-corrected chi connectivity index (χ1v) is 20.6. The minimum absolute atomic E-state index is 0.0232. The van der Waals surface area contributed by atoms with Crippen LogP contribution < -0.4 is 19.1 Å². The van der Waals surface area contributed by atoms with Crippen LogP contribution in [0.1, 0.15) is 77.3 Å². The molecule has 5 aliphatic rings. The SMILES string of the molecule is C#Cc1c(F)ccc2cc(OCOC)cc(Oc3nc4nc(OC[C@@]56CCCN5C[C@H](F)C6)nc(N5CC6CCC(C5)N6C(=O)OC(C)(C)C)c4n3C3CCOCC3)c12. The van der Waals surface area contributed by atoms with Crippen LogP contribution in [-0.4, -0.2) is 125 Å². The summed E-state index contributed by atoms with van der Waals surface area (Å²) in [7, 11) is 1.52. The van der Waals surface area contributed by atoms with Crippen LogP contribution in [-0.2, 0) is 14.2 Å². The van der Waals surface area contributed by atoms with Gasteiger partial charge in [0.15, 0.2) is 18.3 Å². The van der Waals surface area contributed by atoms with Gasteiger partial charge in [0.25, 0.3) is 0 Å². The van der Waals surface area contributed by atoms with Gasteiger partial charge in [-0.3, -0.25) is 14.4 Å². The van der Waals surface area contributed by atoms with E-state index in [9.17, 15) is 9.18 Å². The molecule has 7 heterocycles. The van der Waals surface area contributed by atoms with Crippen molar-refractivity contribution in [3.05, 3.63) is 35.6 Å². The quantitative estimate of drug-likeness (QED) is 0.124. The van der Waals surface area contributed by atoms with Crippen LogP contribution in [0.3, 0.4) is 0 Å². The molecule has 0 spiro atoms. The van der Waals surface area contributed by atoms with Crippen molar-refractivity contribution < 1.29 is 42.0 Å². The van der Waals surface area contributed by atoms with Crippen molar-refractivity contribution in [3.63, 3.8) is 0 Å². The van der Waals surface area contributed by atoms with Gasteiger partial charge in [-0.05, 0) is 83.4 Å². The number of hydrogen-bond donors (Lipinski definition) is 0. The van der Waals surface area contributed by atoms with E-state index in [4.69, 9.17) is 49.8 Å². The minimum Gasteiger partial charge on any atom is -0.467 e. The maximum Gasteiger partial charge on any atom is 0.410 e. The first-order valence-electron chi connectivity index (χ1n) is 20.6. The molecular formula is C43H51F2N7O7. The molecule has 314 valence electrons. The second-order valence-corrected chi connectivity index (χ2v) is 17.4. The molecule has 0 saturated carbocycles. The zero-order valence-electron chi connectivity index (χ0n) is 34.0. The van der Waals surface area contributed by atoms with E-state index in [2.05, 4.69) is 15.7 Å². The van der Waals surface area contributed by atoms with Gasteiger partial charge in [0.2, 0.25) is 0 Å². The van der Waals surface area contributed by atoms with E-state index in [0.717, 1.165) is 32.2 Å². The molecular weight excluding hydrogens is 765 g/mol. The smallest absolute Gasteiger partial charge is 0.410 e. The monoisotopic (exact) mass is 815 g/mol. The van der Waals surface area contributed by atoms with E-state index in [1.165, 1.54) is 13.2 Å². The number of halogens is 2. The molecule has 0 aliphatic carbocycles. The molecule has 4 aromatic rings. The molecule has 16 heteroatoms. The van der Waals surface area contributed by atoms with Crippen molar-refractivity contribution in [1.29, 1.82) is 0 Å². The predicted octanol–water partition coefficient (Wildman–Crippen LogP) is 6.77. The maximum absolute atomic E-state index is 15.3. The number of terminal acetylenes is 1. The number of amides is 1. The Hall–Kier alpha value is -4.98. The standard InChI is InChI=1S/C43H51F2N7O7/c1-6-32-33(45)11-8-26-18-31(57-25-54-5)19-34(35(26)32)58-40-47-37-36(52(40)28-12-16-55-17-13-28)38(48-39(46-37)56-24-43-14-7-15-50(43)21-27(44)20-43)49-22-29-9-10-30(23-49)51(29)41(53)59-42(2,3)4/h1,8,11,18-19,27-30H,7,9-10,12-17,20-25H2,2-5H3/t27-,29?,30?,43+/m1/s1. The van der Waals surface area contributed by atoms with Crippen LogP contribution in [0, 0.1) is 18.2 Å². The van der Waals surface area contributed by atoms with Crippen LogP contribution in [0.15, 0.2) is 24.3 Å². The number of benzene rings is 2. The number of carbonyl (C=O) groups excluding carboxylic acids is 1. The van der Waals surface area contributed by atoms with E-state index in [-0.39, 0.29) is 61.0 Å². The molecule has 2 aromatic heterocycles. The summed E-state index contributed by atoms with van der Waals surface area (Å²) in [5.74, 6) is 3.20. The topological polar surface area (TPSA) is 126 Å². The fourth-order valence-corrected chi connectivity index (χ4v) is 9.83. The third kappa shape index (κ3) is 7.46. The van der Waals surface area contributed by atoms with E-state index in [1.807, 2.05) is 30.2 Å². The molecule has 0 radical (unpaired) electrons. The van der Waals surface area contributed by atoms with Gasteiger partial charge >= 0.3 is 18.1 Å². The van der Waals surface area contributed by atoms with Gasteiger partial charge in [0.1, 0.15) is 41.2 Å². The zero-order valence-corrected chi connectivity index (χ0v) is 34.0. The van der Waals surface area contributed by atoms with Crippen molar-refractivity contribution in [2.45, 2.75) is 101 Å². The summed E-state index contributed by atoms with van der Waals surface area (Å²) >= 11 is 0. The number of aromatic nitrogens is 4. The fourth-order valence-electron chi connectivity index (χ4n) is 9.83. The van der Waals surface area contributed by atoms with Crippen molar-refractivity contribution in [1.82, 2.24) is 29.3 Å². The molecule has 5 aliphatic heterocycles. The molecule has 9 rings (SSSR count). The van der Waals surface area contributed by atoms with Gasteiger partial charge in [0, 0.05) is 63.9 Å². The average Bonchev–Trinajstić information content (AvgIpc) is 3.93. The lowest BCUT2D eigenvalue weighted by Gasteiger charge is -2.42. The number of anilines is 1. The number of imidazole rings is 1. The summed E-state index contributed by atoms with van der Waals surface area (Å²) in [6.45, 7) is 9.08. The number of fused-ring (bicyclic) bond motifs is 5. The number of methoxy groups -OCH3 is 1. The molecule has 4 atom stereocenters. The second-order valence-electron chi connectivity index (χ2n) is 17.4. The zero-order chi connectivity index (χ0) is 41.1. The van der Waals surface area contributed by atoms with Gasteiger partial charge in [-0.25, -0.2) is 13.6 Å². The first-order chi connectivity index (χ1) is 28.4. The Morgan fingerprint density at radius 3 is 2.54 bits per heavy atom. The van der Waals surface area contributed by atoms with E-state index in [0.29, 0.717) is 85.6 Å². The first kappa shape index (κ1) is 39.5. The Balaban J connectivity index is 1.17. The third-order valence-electron chi connectivity index (χ3n) is 12.3. The molecule has 5 saturated heterocycles. The van der Waals surface area contributed by atoms with Gasteiger partial charge in [-0.2, -0.15) is 15.0 Å². The number of nitrogens with zero attached hydrogens (tertiary/aromatic N) is 7. The van der Waals surface area contributed by atoms with Crippen LogP contribution in [0.4, 0.5) is 19.4 Å². The molecule has 2 aromatic carbocycles. The summed E-state index contributed by atoms with van der Waals surface area (Å²) in [4.78, 5) is 34.9. The van der Waals surface area contributed by atoms with E-state index >= 15 is 4.39 Å². The van der Waals surface area contributed by atoms with Crippen molar-refractivity contribution in [3.8, 4) is 35.9 Å². The lowest BCUT2D eigenvalue weighted by Crippen LogP contribution is -2.57. The number of hydrogen-bond acceptors (Lipinski definition) is 12. The number of ether oxygens (including phenoxy) is 6. The van der Waals surface area contributed by atoms with Gasteiger partial charge in [0.05, 0.1) is 23.2 Å². The summed E-state index contributed by atoms with van der Waals surface area (Å²) in [6.07, 6.45) is 9.81. The summed E-state index contributed by atoms with van der Waals surface area (Å²) in [5, 5.41) is 0.991. The molecule has 0 N–H and O–H groups in total. The molecule has 2 bridgehead atoms. The maximum atomic E-state index is 15.3. The second kappa shape index (κ2) is 15.6. The van der Waals surface area contributed by atoms with Crippen molar-refractivity contribution in [2.24, 2.45) is 0 Å². The van der Waals surface area contributed by atoms with E-state index in [1.54, 1.807) is 18.2 Å². The van der Waals surface area contributed by atoms with Crippen LogP contribution in [0.2, 0.25) is 0 Å². The number of alkyl halides is 1. The molecule has 2 unspecified atom stereocenters. The largest absolute Gasteiger partial charge is 0.467 e. The Kier molecular flexibility index (Phi) is 10.4. The highest BCUT2D eigenvalue weighted by Gasteiger charge is 2.50. The van der Waals surface area contributed by atoms with Gasteiger partial charge in [-0.15, -0.1) is 6.42 Å². The minimum atomic E-state index is -0.914. The van der Waals surface area contributed by atoms with Crippen LogP contribution in [0.25, 0.3) is 21.9 Å². The molecule has 14 nitrogen and oxygen atoms in total. The van der Waals surface area contributed by atoms with Gasteiger partial charge in [-0.1, -0.05) is 12.0 Å². The normalized spacial score (nSPS) is 24.8. The molecule has 5 fully saturated rings. The summed E-state index contributed by atoms with van der Waals surface area (Å²) < 4.78 is 68.1. The van der Waals surface area contributed by atoms with Crippen molar-refractivity contribution in [2.75, 3.05) is 64.8 Å².